The Bertz CT molecular complexity index is 1010. The van der Waals surface area contributed by atoms with Gasteiger partial charge in [0.2, 0.25) is 0 Å². The fourth-order valence-electron chi connectivity index (χ4n) is 4.09. The molecule has 3 aromatic rings. The third kappa shape index (κ3) is 4.61. The number of amides is 2. The molecule has 0 aliphatic carbocycles. The van der Waals surface area contributed by atoms with Crippen molar-refractivity contribution < 1.29 is 9.90 Å². The summed E-state index contributed by atoms with van der Waals surface area (Å²) in [4.78, 5) is 19.2. The lowest BCUT2D eigenvalue weighted by molar-refractivity contribution is -0.0254. The number of anilines is 1. The largest absolute Gasteiger partial charge is 0.385 e. The number of fused-ring (bicyclic) bond motifs is 1. The van der Waals surface area contributed by atoms with Gasteiger partial charge in [0.25, 0.3) is 0 Å². The van der Waals surface area contributed by atoms with Gasteiger partial charge in [-0.3, -0.25) is 4.98 Å². The highest BCUT2D eigenvalue weighted by Gasteiger charge is 2.33. The minimum absolute atomic E-state index is 0.219. The summed E-state index contributed by atoms with van der Waals surface area (Å²) < 4.78 is 0. The minimum Gasteiger partial charge on any atom is -0.385 e. The number of rotatable bonds is 5. The number of hydrogen-bond donors (Lipinski definition) is 3. The van der Waals surface area contributed by atoms with Crippen molar-refractivity contribution in [3.63, 3.8) is 0 Å². The molecule has 0 unspecified atom stereocenters. The van der Waals surface area contributed by atoms with E-state index in [1.165, 1.54) is 0 Å². The molecule has 2 heterocycles. The van der Waals surface area contributed by atoms with Gasteiger partial charge in [0.05, 0.1) is 16.8 Å². The van der Waals surface area contributed by atoms with Gasteiger partial charge in [-0.05, 0) is 37.5 Å². The number of piperidine rings is 1. The van der Waals surface area contributed by atoms with Gasteiger partial charge >= 0.3 is 6.03 Å². The van der Waals surface area contributed by atoms with Crippen molar-refractivity contribution >= 4 is 22.6 Å². The summed E-state index contributed by atoms with van der Waals surface area (Å²) in [7, 11) is 0. The molecule has 6 nitrogen and oxygen atoms in total. The van der Waals surface area contributed by atoms with Gasteiger partial charge in [0.1, 0.15) is 0 Å². The molecule has 1 aliphatic rings. The number of carbonyl (C=O) groups excluding carboxylic acids is 1. The number of aliphatic hydroxyl groups is 1. The molecule has 2 amide bonds. The summed E-state index contributed by atoms with van der Waals surface area (Å²) in [6, 6.07) is 19.3. The van der Waals surface area contributed by atoms with E-state index in [0.29, 0.717) is 19.4 Å². The third-order valence-corrected chi connectivity index (χ3v) is 5.80. The number of pyridine rings is 1. The number of benzene rings is 2. The normalized spacial score (nSPS) is 16.3. The number of likely N-dealkylation sites (tertiary alicyclic amines) is 1. The second-order valence-corrected chi connectivity index (χ2v) is 7.95. The van der Waals surface area contributed by atoms with Crippen molar-refractivity contribution in [2.75, 3.05) is 31.5 Å². The predicted octanol–water partition coefficient (Wildman–Crippen LogP) is 3.65. The maximum absolute atomic E-state index is 12.4. The molecular weight excluding hydrogens is 376 g/mol. The van der Waals surface area contributed by atoms with Crippen LogP contribution in [0.25, 0.3) is 10.9 Å². The Morgan fingerprint density at radius 1 is 1.10 bits per heavy atom. The van der Waals surface area contributed by atoms with E-state index in [1.807, 2.05) is 67.6 Å². The summed E-state index contributed by atoms with van der Waals surface area (Å²) in [5, 5.41) is 17.8. The van der Waals surface area contributed by atoms with Gasteiger partial charge in [-0.1, -0.05) is 48.5 Å². The number of aromatic nitrogens is 1. The van der Waals surface area contributed by atoms with E-state index in [2.05, 4.69) is 20.5 Å². The average Bonchev–Trinajstić information content (AvgIpc) is 2.76. The first-order valence-corrected chi connectivity index (χ1v) is 10.4. The topological polar surface area (TPSA) is 77.5 Å². The molecule has 6 heteroatoms. The van der Waals surface area contributed by atoms with Crippen molar-refractivity contribution in [2.24, 2.45) is 0 Å². The highest BCUT2D eigenvalue weighted by molar-refractivity contribution is 6.00. The van der Waals surface area contributed by atoms with Crippen LogP contribution in [0.2, 0.25) is 0 Å². The number of carbonyl (C=O) groups is 1. The predicted molar refractivity (Wildman–Crippen MR) is 120 cm³/mol. The fourth-order valence-corrected chi connectivity index (χ4v) is 4.09. The Morgan fingerprint density at radius 3 is 2.57 bits per heavy atom. The van der Waals surface area contributed by atoms with Crippen LogP contribution in [0.5, 0.6) is 0 Å². The summed E-state index contributed by atoms with van der Waals surface area (Å²) in [6.07, 6.45) is 1.40. The molecule has 0 spiro atoms. The van der Waals surface area contributed by atoms with E-state index in [-0.39, 0.29) is 6.03 Å². The van der Waals surface area contributed by atoms with E-state index in [4.69, 9.17) is 0 Å². The lowest BCUT2D eigenvalue weighted by Crippen LogP contribution is -2.45. The molecule has 156 valence electrons. The first-order valence-electron chi connectivity index (χ1n) is 10.4. The third-order valence-electron chi connectivity index (χ3n) is 5.80. The lowest BCUT2D eigenvalue weighted by Gasteiger charge is -2.38. The SMILES string of the molecule is Cc1cc(NC(=O)NCCN2CCC(O)(c3ccccc3)CC2)c2ccccc2n1. The second kappa shape index (κ2) is 8.81. The number of urea groups is 1. The van der Waals surface area contributed by atoms with Crippen LogP contribution in [0.15, 0.2) is 60.7 Å². The zero-order valence-electron chi connectivity index (χ0n) is 17.3. The van der Waals surface area contributed by atoms with E-state index < -0.39 is 5.60 Å². The number of aryl methyl sites for hydroxylation is 1. The number of para-hydroxylation sites is 1. The van der Waals surface area contributed by atoms with Crippen LogP contribution in [-0.4, -0.2) is 47.2 Å². The first kappa shape index (κ1) is 20.3. The highest BCUT2D eigenvalue weighted by atomic mass is 16.3. The first-order chi connectivity index (χ1) is 14.5. The Balaban J connectivity index is 1.26. The minimum atomic E-state index is -0.747. The smallest absolute Gasteiger partial charge is 0.319 e. The van der Waals surface area contributed by atoms with Crippen LogP contribution in [0.1, 0.15) is 24.1 Å². The van der Waals surface area contributed by atoms with E-state index in [9.17, 15) is 9.90 Å². The summed E-state index contributed by atoms with van der Waals surface area (Å²) in [5.74, 6) is 0. The number of nitrogens with one attached hydrogen (secondary N) is 2. The summed E-state index contributed by atoms with van der Waals surface area (Å²) >= 11 is 0. The Hall–Kier alpha value is -2.96. The number of hydrogen-bond acceptors (Lipinski definition) is 4. The molecule has 1 saturated heterocycles. The zero-order chi connectivity index (χ0) is 21.0. The Kier molecular flexibility index (Phi) is 5.97. The summed E-state index contributed by atoms with van der Waals surface area (Å²) in [6.45, 7) is 4.85. The van der Waals surface area contributed by atoms with Crippen LogP contribution >= 0.6 is 0 Å². The van der Waals surface area contributed by atoms with Crippen molar-refractivity contribution in [1.29, 1.82) is 0 Å². The maximum atomic E-state index is 12.4. The Morgan fingerprint density at radius 2 is 1.80 bits per heavy atom. The molecule has 1 fully saturated rings. The van der Waals surface area contributed by atoms with Gasteiger partial charge in [0, 0.05) is 37.3 Å². The monoisotopic (exact) mass is 404 g/mol. The molecule has 1 aliphatic heterocycles. The van der Waals surface area contributed by atoms with Crippen LogP contribution in [0.4, 0.5) is 10.5 Å². The van der Waals surface area contributed by atoms with Crippen LogP contribution in [-0.2, 0) is 5.60 Å². The quantitative estimate of drug-likeness (QED) is 0.607. The molecule has 4 rings (SSSR count). The molecule has 0 saturated carbocycles. The maximum Gasteiger partial charge on any atom is 0.319 e. The average molecular weight is 405 g/mol. The van der Waals surface area contributed by atoms with E-state index in [0.717, 1.165) is 47.5 Å². The second-order valence-electron chi connectivity index (χ2n) is 7.95. The van der Waals surface area contributed by atoms with Crippen LogP contribution in [0, 0.1) is 6.92 Å². The lowest BCUT2D eigenvalue weighted by atomic mass is 9.84. The van der Waals surface area contributed by atoms with Crippen molar-refractivity contribution in [1.82, 2.24) is 15.2 Å². The van der Waals surface area contributed by atoms with Gasteiger partial charge in [-0.2, -0.15) is 0 Å². The Labute approximate surface area is 176 Å². The highest BCUT2D eigenvalue weighted by Crippen LogP contribution is 2.32. The van der Waals surface area contributed by atoms with Gasteiger partial charge in [-0.25, -0.2) is 4.79 Å². The van der Waals surface area contributed by atoms with E-state index >= 15 is 0 Å². The standard InChI is InChI=1S/C24H28N4O2/c1-18-17-22(20-9-5-6-10-21(20)26-18)27-23(29)25-13-16-28-14-11-24(30,12-15-28)19-7-3-2-4-8-19/h2-10,17,30H,11-16H2,1H3,(H2,25,26,27,29). The molecule has 3 N–H and O–H groups in total. The van der Waals surface area contributed by atoms with Gasteiger partial charge in [0.15, 0.2) is 0 Å². The van der Waals surface area contributed by atoms with Crippen molar-refractivity contribution in [3.8, 4) is 0 Å². The molecule has 0 atom stereocenters. The molecule has 1 aromatic heterocycles. The molecule has 0 radical (unpaired) electrons. The van der Waals surface area contributed by atoms with Gasteiger partial charge < -0.3 is 20.6 Å². The summed E-state index contributed by atoms with van der Waals surface area (Å²) in [5.41, 5.74) is 2.74. The molecular formula is C24H28N4O2. The van der Waals surface area contributed by atoms with Crippen LogP contribution in [0.3, 0.4) is 0 Å². The zero-order valence-corrected chi connectivity index (χ0v) is 17.3. The fraction of sp³-hybridized carbons (Fsp3) is 0.333. The van der Waals surface area contributed by atoms with Gasteiger partial charge in [-0.15, -0.1) is 0 Å². The number of nitrogens with zero attached hydrogens (tertiary/aromatic N) is 2. The van der Waals surface area contributed by atoms with Crippen LogP contribution < -0.4 is 10.6 Å². The van der Waals surface area contributed by atoms with Crippen molar-refractivity contribution in [2.45, 2.75) is 25.4 Å². The van der Waals surface area contributed by atoms with Crippen molar-refractivity contribution in [3.05, 3.63) is 71.9 Å². The van der Waals surface area contributed by atoms with E-state index in [1.54, 1.807) is 0 Å². The molecule has 30 heavy (non-hydrogen) atoms. The molecule has 0 bridgehead atoms. The molecule has 2 aromatic carbocycles.